The summed E-state index contributed by atoms with van der Waals surface area (Å²) in [4.78, 5) is 11.8. The van der Waals surface area contributed by atoms with Gasteiger partial charge in [-0.2, -0.15) is 17.4 Å². The van der Waals surface area contributed by atoms with Crippen LogP contribution in [0.5, 0.6) is 0 Å². The molecule has 0 aromatic heterocycles. The Morgan fingerprint density at radius 1 is 1.21 bits per heavy atom. The second-order valence-electron chi connectivity index (χ2n) is 5.42. The lowest BCUT2D eigenvalue weighted by molar-refractivity contribution is -0.122. The first kappa shape index (κ1) is 14.7. The molecule has 2 saturated heterocycles. The molecule has 0 aromatic rings. The van der Waals surface area contributed by atoms with E-state index < -0.39 is 16.3 Å². The van der Waals surface area contributed by atoms with Crippen molar-refractivity contribution >= 4 is 16.1 Å². The Morgan fingerprint density at radius 3 is 2.68 bits per heavy atom. The lowest BCUT2D eigenvalue weighted by Crippen LogP contribution is -2.53. The van der Waals surface area contributed by atoms with Crippen molar-refractivity contribution in [1.82, 2.24) is 14.3 Å². The summed E-state index contributed by atoms with van der Waals surface area (Å²) in [7, 11) is -3.56. The van der Waals surface area contributed by atoms with Crippen LogP contribution in [0.4, 0.5) is 0 Å². The SMILES string of the molecule is CC1CCCCN1S(=O)(=O)NC1CCCCNC1=O. The van der Waals surface area contributed by atoms with Gasteiger partial charge in [0.05, 0.1) is 0 Å². The summed E-state index contributed by atoms with van der Waals surface area (Å²) in [5.74, 6) is -0.203. The summed E-state index contributed by atoms with van der Waals surface area (Å²) in [5, 5.41) is 2.75. The molecule has 6 nitrogen and oxygen atoms in total. The molecule has 2 aliphatic heterocycles. The van der Waals surface area contributed by atoms with Crippen molar-refractivity contribution in [3.63, 3.8) is 0 Å². The molecule has 7 heteroatoms. The van der Waals surface area contributed by atoms with Crippen molar-refractivity contribution in [3.8, 4) is 0 Å². The topological polar surface area (TPSA) is 78.5 Å². The standard InChI is InChI=1S/C12H23N3O3S/c1-10-6-3-5-9-15(10)19(17,18)14-11-7-2-4-8-13-12(11)16/h10-11,14H,2-9H2,1H3,(H,13,16). The molecule has 2 rings (SSSR count). The maximum Gasteiger partial charge on any atom is 0.280 e. The average molecular weight is 289 g/mol. The van der Waals surface area contributed by atoms with Gasteiger partial charge in [0.1, 0.15) is 6.04 Å². The molecule has 0 aliphatic carbocycles. The third kappa shape index (κ3) is 3.67. The van der Waals surface area contributed by atoms with Gasteiger partial charge in [-0.05, 0) is 39.0 Å². The van der Waals surface area contributed by atoms with Gasteiger partial charge in [0, 0.05) is 19.1 Å². The molecule has 0 spiro atoms. The monoisotopic (exact) mass is 289 g/mol. The van der Waals surface area contributed by atoms with Crippen molar-refractivity contribution in [2.45, 2.75) is 57.5 Å². The molecule has 2 atom stereocenters. The van der Waals surface area contributed by atoms with Gasteiger partial charge in [0.25, 0.3) is 10.2 Å². The van der Waals surface area contributed by atoms with E-state index in [-0.39, 0.29) is 11.9 Å². The number of carbonyl (C=O) groups excluding carboxylic acids is 1. The second kappa shape index (κ2) is 6.19. The van der Waals surface area contributed by atoms with E-state index in [1.807, 2.05) is 6.92 Å². The van der Waals surface area contributed by atoms with E-state index in [0.29, 0.717) is 19.5 Å². The van der Waals surface area contributed by atoms with Gasteiger partial charge < -0.3 is 5.32 Å². The quantitative estimate of drug-likeness (QED) is 0.787. The van der Waals surface area contributed by atoms with Gasteiger partial charge >= 0.3 is 0 Å². The van der Waals surface area contributed by atoms with Gasteiger partial charge in [-0.25, -0.2) is 0 Å². The number of hydrogen-bond acceptors (Lipinski definition) is 3. The van der Waals surface area contributed by atoms with Gasteiger partial charge in [0.2, 0.25) is 5.91 Å². The largest absolute Gasteiger partial charge is 0.355 e. The normalized spacial score (nSPS) is 30.7. The van der Waals surface area contributed by atoms with Crippen molar-refractivity contribution in [1.29, 1.82) is 0 Å². The van der Waals surface area contributed by atoms with Crippen molar-refractivity contribution in [3.05, 3.63) is 0 Å². The molecule has 2 aliphatic rings. The highest BCUT2D eigenvalue weighted by molar-refractivity contribution is 7.87. The van der Waals surface area contributed by atoms with Gasteiger partial charge in [-0.15, -0.1) is 0 Å². The lowest BCUT2D eigenvalue weighted by atomic mass is 10.1. The lowest BCUT2D eigenvalue weighted by Gasteiger charge is -2.33. The predicted octanol–water partition coefficient (Wildman–Crippen LogP) is 0.364. The first-order valence-electron chi connectivity index (χ1n) is 7.07. The number of carbonyl (C=O) groups is 1. The highest BCUT2D eigenvalue weighted by Gasteiger charge is 2.33. The molecule has 2 unspecified atom stereocenters. The fraction of sp³-hybridized carbons (Fsp3) is 0.917. The van der Waals surface area contributed by atoms with Crippen LogP contribution < -0.4 is 10.0 Å². The van der Waals surface area contributed by atoms with Gasteiger partial charge in [0.15, 0.2) is 0 Å². The minimum Gasteiger partial charge on any atom is -0.355 e. The van der Waals surface area contributed by atoms with Crippen LogP contribution in [-0.2, 0) is 15.0 Å². The number of hydrogen-bond donors (Lipinski definition) is 2. The number of amides is 1. The van der Waals surface area contributed by atoms with E-state index in [0.717, 1.165) is 32.1 Å². The molecule has 2 N–H and O–H groups in total. The van der Waals surface area contributed by atoms with E-state index in [4.69, 9.17) is 0 Å². The van der Waals surface area contributed by atoms with E-state index >= 15 is 0 Å². The maximum atomic E-state index is 12.4. The molecule has 2 fully saturated rings. The maximum absolute atomic E-state index is 12.4. The minimum absolute atomic E-state index is 0.0140. The first-order valence-corrected chi connectivity index (χ1v) is 8.51. The molecule has 110 valence electrons. The zero-order valence-corrected chi connectivity index (χ0v) is 12.2. The third-order valence-electron chi connectivity index (χ3n) is 3.88. The van der Waals surface area contributed by atoms with Crippen molar-refractivity contribution < 1.29 is 13.2 Å². The summed E-state index contributed by atoms with van der Waals surface area (Å²) < 4.78 is 28.8. The van der Waals surface area contributed by atoms with E-state index in [9.17, 15) is 13.2 Å². The zero-order chi connectivity index (χ0) is 13.9. The Labute approximate surface area is 115 Å². The molecule has 1 amide bonds. The van der Waals surface area contributed by atoms with E-state index in [1.165, 1.54) is 4.31 Å². The van der Waals surface area contributed by atoms with Crippen molar-refractivity contribution in [2.75, 3.05) is 13.1 Å². The fourth-order valence-corrected chi connectivity index (χ4v) is 4.40. The van der Waals surface area contributed by atoms with Gasteiger partial charge in [-0.1, -0.05) is 6.42 Å². The number of nitrogens with one attached hydrogen (secondary N) is 2. The number of rotatable bonds is 3. The minimum atomic E-state index is -3.56. The zero-order valence-electron chi connectivity index (χ0n) is 11.4. The van der Waals surface area contributed by atoms with E-state index in [1.54, 1.807) is 0 Å². The number of nitrogens with zero attached hydrogens (tertiary/aromatic N) is 1. The molecule has 0 saturated carbocycles. The van der Waals surface area contributed by atoms with Crippen LogP contribution in [-0.4, -0.2) is 43.8 Å². The Kier molecular flexibility index (Phi) is 4.81. The molecule has 19 heavy (non-hydrogen) atoms. The van der Waals surface area contributed by atoms with Crippen molar-refractivity contribution in [2.24, 2.45) is 0 Å². The molecular formula is C12H23N3O3S. The second-order valence-corrected chi connectivity index (χ2v) is 7.07. The fourth-order valence-electron chi connectivity index (χ4n) is 2.73. The average Bonchev–Trinajstić information content (AvgIpc) is 2.55. The van der Waals surface area contributed by atoms with E-state index in [2.05, 4.69) is 10.0 Å². The number of piperidine rings is 1. The Bertz CT molecular complexity index is 424. The highest BCUT2D eigenvalue weighted by Crippen LogP contribution is 2.20. The Hall–Kier alpha value is -0.660. The Balaban J connectivity index is 2.04. The summed E-state index contributed by atoms with van der Waals surface area (Å²) in [6.45, 7) is 3.10. The highest BCUT2D eigenvalue weighted by atomic mass is 32.2. The van der Waals surface area contributed by atoms with Crippen LogP contribution in [0.25, 0.3) is 0 Å². The van der Waals surface area contributed by atoms with Crippen LogP contribution in [0.3, 0.4) is 0 Å². The van der Waals surface area contributed by atoms with Crippen LogP contribution in [0.15, 0.2) is 0 Å². The molecule has 0 bridgehead atoms. The van der Waals surface area contributed by atoms with Crippen LogP contribution >= 0.6 is 0 Å². The summed E-state index contributed by atoms with van der Waals surface area (Å²) in [6.07, 6.45) is 5.19. The third-order valence-corrected chi connectivity index (χ3v) is 5.62. The first-order chi connectivity index (χ1) is 9.00. The van der Waals surface area contributed by atoms with Crippen LogP contribution in [0.2, 0.25) is 0 Å². The molecule has 2 heterocycles. The van der Waals surface area contributed by atoms with Crippen LogP contribution in [0, 0.1) is 0 Å². The Morgan fingerprint density at radius 2 is 1.95 bits per heavy atom. The predicted molar refractivity (Wildman–Crippen MR) is 72.7 cm³/mol. The molecule has 0 aromatic carbocycles. The smallest absolute Gasteiger partial charge is 0.280 e. The summed E-state index contributed by atoms with van der Waals surface area (Å²) in [5.41, 5.74) is 0. The summed E-state index contributed by atoms with van der Waals surface area (Å²) >= 11 is 0. The van der Waals surface area contributed by atoms with Crippen LogP contribution in [0.1, 0.15) is 45.4 Å². The molecule has 0 radical (unpaired) electrons. The summed E-state index contributed by atoms with van der Waals surface area (Å²) in [6, 6.07) is -0.610. The van der Waals surface area contributed by atoms with Gasteiger partial charge in [-0.3, -0.25) is 4.79 Å². The molecular weight excluding hydrogens is 266 g/mol.